The van der Waals surface area contributed by atoms with E-state index in [1.807, 2.05) is 0 Å². The molecule has 7 nitrogen and oxygen atoms in total. The molecule has 116 valence electrons. The van der Waals surface area contributed by atoms with E-state index >= 15 is 0 Å². The monoisotopic (exact) mass is 370 g/mol. The van der Waals surface area contributed by atoms with E-state index in [1.165, 1.54) is 23.0 Å². The van der Waals surface area contributed by atoms with E-state index in [0.29, 0.717) is 4.47 Å². The maximum absolute atomic E-state index is 13.7. The van der Waals surface area contributed by atoms with Crippen LogP contribution in [0.2, 0.25) is 0 Å². The summed E-state index contributed by atoms with van der Waals surface area (Å²) in [7, 11) is 0. The second kappa shape index (κ2) is 6.65. The zero-order chi connectivity index (χ0) is 16.3. The highest BCUT2D eigenvalue weighted by molar-refractivity contribution is 9.10. The number of nitrogens with one attached hydrogen (secondary N) is 1. The largest absolute Gasteiger partial charge is 0.323 e. The standard InChI is InChI=1S/C13H12BrFN4O3/c1-8(6-18-7-10(5-16-18)19(21)22)13(20)17-12-3-2-9(14)4-11(12)15/h2-5,7-8H,6H2,1H3,(H,17,20)/t8-/m0/s1. The molecule has 9 heteroatoms. The summed E-state index contributed by atoms with van der Waals surface area (Å²) >= 11 is 3.13. The summed E-state index contributed by atoms with van der Waals surface area (Å²) in [6.07, 6.45) is 2.35. The number of anilines is 1. The van der Waals surface area contributed by atoms with E-state index in [2.05, 4.69) is 26.3 Å². The summed E-state index contributed by atoms with van der Waals surface area (Å²) in [5.74, 6) is -1.49. The number of rotatable bonds is 5. The molecule has 1 N–H and O–H groups in total. The Morgan fingerprint density at radius 1 is 1.59 bits per heavy atom. The average Bonchev–Trinajstić information content (AvgIpc) is 2.90. The SMILES string of the molecule is C[C@@H](Cn1cc([N+](=O)[O-])cn1)C(=O)Nc1ccc(Br)cc1F. The molecule has 0 aliphatic heterocycles. The predicted molar refractivity (Wildman–Crippen MR) is 80.8 cm³/mol. The third-order valence-corrected chi connectivity index (χ3v) is 3.42. The number of hydrogen-bond donors (Lipinski definition) is 1. The third-order valence-electron chi connectivity index (χ3n) is 2.93. The summed E-state index contributed by atoms with van der Waals surface area (Å²) < 4.78 is 15.5. The molecule has 0 saturated heterocycles. The van der Waals surface area contributed by atoms with Crippen LogP contribution in [0, 0.1) is 21.8 Å². The average molecular weight is 371 g/mol. The molecule has 0 saturated carbocycles. The van der Waals surface area contributed by atoms with Crippen molar-refractivity contribution >= 4 is 33.2 Å². The smallest absolute Gasteiger partial charge is 0.306 e. The van der Waals surface area contributed by atoms with Crippen molar-refractivity contribution in [3.05, 3.63) is 51.0 Å². The Morgan fingerprint density at radius 2 is 2.32 bits per heavy atom. The van der Waals surface area contributed by atoms with Crippen LogP contribution in [-0.4, -0.2) is 20.6 Å². The Hall–Kier alpha value is -2.29. The lowest BCUT2D eigenvalue weighted by atomic mass is 10.1. The minimum Gasteiger partial charge on any atom is -0.323 e. The first-order valence-corrected chi connectivity index (χ1v) is 7.09. The van der Waals surface area contributed by atoms with Crippen molar-refractivity contribution in [1.82, 2.24) is 9.78 Å². The molecule has 2 rings (SSSR count). The summed E-state index contributed by atoms with van der Waals surface area (Å²) in [5, 5.41) is 16.9. The van der Waals surface area contributed by atoms with E-state index in [4.69, 9.17) is 0 Å². The lowest BCUT2D eigenvalue weighted by Crippen LogP contribution is -2.25. The highest BCUT2D eigenvalue weighted by atomic mass is 79.9. The van der Waals surface area contributed by atoms with Crippen molar-refractivity contribution in [1.29, 1.82) is 0 Å². The van der Waals surface area contributed by atoms with E-state index in [-0.39, 0.29) is 17.9 Å². The lowest BCUT2D eigenvalue weighted by Gasteiger charge is -2.12. The topological polar surface area (TPSA) is 90.1 Å². The van der Waals surface area contributed by atoms with Gasteiger partial charge in [0.1, 0.15) is 18.2 Å². The highest BCUT2D eigenvalue weighted by Gasteiger charge is 2.17. The van der Waals surface area contributed by atoms with E-state index in [9.17, 15) is 19.3 Å². The van der Waals surface area contributed by atoms with Gasteiger partial charge < -0.3 is 5.32 Å². The van der Waals surface area contributed by atoms with Crippen molar-refractivity contribution in [2.24, 2.45) is 5.92 Å². The molecule has 0 fully saturated rings. The van der Waals surface area contributed by atoms with Crippen LogP contribution >= 0.6 is 15.9 Å². The number of hydrogen-bond acceptors (Lipinski definition) is 4. The van der Waals surface area contributed by atoms with Gasteiger partial charge in [-0.25, -0.2) is 4.39 Å². The fourth-order valence-electron chi connectivity index (χ4n) is 1.76. The van der Waals surface area contributed by atoms with Gasteiger partial charge in [-0.3, -0.25) is 19.6 Å². The Kier molecular flexibility index (Phi) is 4.86. The molecule has 1 aromatic carbocycles. The number of nitrogens with zero attached hydrogens (tertiary/aromatic N) is 3. The van der Waals surface area contributed by atoms with Crippen LogP contribution in [0.3, 0.4) is 0 Å². The predicted octanol–water partition coefficient (Wildman–Crippen LogP) is 2.97. The third kappa shape index (κ3) is 3.88. The zero-order valence-corrected chi connectivity index (χ0v) is 13.1. The Balaban J connectivity index is 2.00. The normalized spacial score (nSPS) is 12.0. The quantitative estimate of drug-likeness (QED) is 0.646. The van der Waals surface area contributed by atoms with Gasteiger partial charge in [-0.2, -0.15) is 5.10 Å². The highest BCUT2D eigenvalue weighted by Crippen LogP contribution is 2.20. The first-order valence-electron chi connectivity index (χ1n) is 6.29. The van der Waals surface area contributed by atoms with Gasteiger partial charge >= 0.3 is 5.69 Å². The fourth-order valence-corrected chi connectivity index (χ4v) is 2.09. The molecule has 1 aromatic heterocycles. The molecule has 0 aliphatic rings. The van der Waals surface area contributed by atoms with Crippen molar-refractivity contribution < 1.29 is 14.1 Å². The van der Waals surface area contributed by atoms with Gasteiger partial charge in [-0.15, -0.1) is 0 Å². The molecule has 22 heavy (non-hydrogen) atoms. The van der Waals surface area contributed by atoms with Gasteiger partial charge in [0, 0.05) is 4.47 Å². The van der Waals surface area contributed by atoms with Crippen LogP contribution < -0.4 is 5.32 Å². The number of halogens is 2. The molecule has 1 amide bonds. The Morgan fingerprint density at radius 3 is 2.91 bits per heavy atom. The molecule has 0 unspecified atom stereocenters. The van der Waals surface area contributed by atoms with Crippen LogP contribution in [0.1, 0.15) is 6.92 Å². The van der Waals surface area contributed by atoms with Crippen LogP contribution in [0.4, 0.5) is 15.8 Å². The molecule has 0 bridgehead atoms. The molecule has 0 radical (unpaired) electrons. The summed E-state index contributed by atoms with van der Waals surface area (Å²) in [6.45, 7) is 1.78. The lowest BCUT2D eigenvalue weighted by molar-refractivity contribution is -0.385. The molecular formula is C13H12BrFN4O3. The van der Waals surface area contributed by atoms with Crippen LogP contribution in [0.15, 0.2) is 35.1 Å². The van der Waals surface area contributed by atoms with Crippen molar-refractivity contribution in [3.8, 4) is 0 Å². The van der Waals surface area contributed by atoms with Crippen LogP contribution in [0.25, 0.3) is 0 Å². The molecular weight excluding hydrogens is 359 g/mol. The molecule has 1 atom stereocenters. The summed E-state index contributed by atoms with van der Waals surface area (Å²) in [4.78, 5) is 22.0. The van der Waals surface area contributed by atoms with Crippen LogP contribution in [-0.2, 0) is 11.3 Å². The van der Waals surface area contributed by atoms with Gasteiger partial charge in [0.2, 0.25) is 5.91 Å². The molecule has 0 spiro atoms. The van der Waals surface area contributed by atoms with Crippen molar-refractivity contribution in [2.75, 3.05) is 5.32 Å². The summed E-state index contributed by atoms with van der Waals surface area (Å²) in [5.41, 5.74) is -0.0712. The minimum atomic E-state index is -0.564. The van der Waals surface area contributed by atoms with Crippen molar-refractivity contribution in [3.63, 3.8) is 0 Å². The molecule has 1 heterocycles. The number of amides is 1. The van der Waals surface area contributed by atoms with Crippen LogP contribution in [0.5, 0.6) is 0 Å². The van der Waals surface area contributed by atoms with E-state index in [1.54, 1.807) is 13.0 Å². The first-order chi connectivity index (χ1) is 10.4. The Bertz CT molecular complexity index is 719. The van der Waals surface area contributed by atoms with Gasteiger partial charge in [0.25, 0.3) is 0 Å². The van der Waals surface area contributed by atoms with E-state index in [0.717, 1.165) is 6.20 Å². The van der Waals surface area contributed by atoms with Gasteiger partial charge in [-0.05, 0) is 18.2 Å². The number of carbonyl (C=O) groups excluding carboxylic acids is 1. The fraction of sp³-hybridized carbons (Fsp3) is 0.231. The number of carbonyl (C=O) groups is 1. The van der Waals surface area contributed by atoms with Gasteiger partial charge in [0.05, 0.1) is 23.1 Å². The second-order valence-electron chi connectivity index (χ2n) is 4.69. The Labute approximate surface area is 133 Å². The van der Waals surface area contributed by atoms with E-state index < -0.39 is 22.6 Å². The number of benzene rings is 1. The number of nitro groups is 1. The zero-order valence-electron chi connectivity index (χ0n) is 11.5. The minimum absolute atomic E-state index is 0.0755. The summed E-state index contributed by atoms with van der Waals surface area (Å²) in [6, 6.07) is 4.31. The maximum atomic E-state index is 13.7. The van der Waals surface area contributed by atoms with Gasteiger partial charge in [-0.1, -0.05) is 22.9 Å². The molecule has 0 aliphatic carbocycles. The molecule has 2 aromatic rings. The first kappa shape index (κ1) is 16.1. The van der Waals surface area contributed by atoms with Crippen molar-refractivity contribution in [2.45, 2.75) is 13.5 Å². The second-order valence-corrected chi connectivity index (χ2v) is 5.61. The number of aromatic nitrogens is 2. The maximum Gasteiger partial charge on any atom is 0.306 e. The van der Waals surface area contributed by atoms with Gasteiger partial charge in [0.15, 0.2) is 0 Å².